The summed E-state index contributed by atoms with van der Waals surface area (Å²) in [5.41, 5.74) is 2.64. The molecule has 0 amide bonds. The monoisotopic (exact) mass is 552 g/mol. The molecule has 0 aliphatic carbocycles. The second-order valence-electron chi connectivity index (χ2n) is 9.44. The Balaban J connectivity index is 1.41. The molecule has 13 heteroatoms. The maximum atomic E-state index is 12.6. The molecule has 0 spiro atoms. The Hall–Kier alpha value is -3.03. The van der Waals surface area contributed by atoms with Gasteiger partial charge in [-0.25, -0.2) is 13.1 Å². The zero-order valence-corrected chi connectivity index (χ0v) is 22.0. The number of alkyl halides is 3. The third-order valence-electron chi connectivity index (χ3n) is 6.48. The molecule has 0 bridgehead atoms. The Morgan fingerprint density at radius 1 is 1.08 bits per heavy atom. The van der Waals surface area contributed by atoms with Crippen LogP contribution in [0.4, 0.5) is 13.2 Å². The summed E-state index contributed by atoms with van der Waals surface area (Å²) in [5, 5.41) is 12.1. The Morgan fingerprint density at radius 2 is 1.74 bits per heavy atom. The quantitative estimate of drug-likeness (QED) is 0.405. The Labute approximate surface area is 220 Å². The number of nitrogens with zero attached hydrogens (tertiary/aromatic N) is 5. The summed E-state index contributed by atoms with van der Waals surface area (Å²) in [5.74, 6) is 0.205. The van der Waals surface area contributed by atoms with Gasteiger partial charge >= 0.3 is 6.36 Å². The smallest absolute Gasteiger partial charge is 0.406 e. The van der Waals surface area contributed by atoms with Crippen molar-refractivity contribution in [1.29, 1.82) is 0 Å². The van der Waals surface area contributed by atoms with Crippen LogP contribution in [-0.4, -0.2) is 58.7 Å². The molecule has 0 radical (unpaired) electrons. The fourth-order valence-corrected chi connectivity index (χ4v) is 6.07. The lowest BCUT2D eigenvalue weighted by Crippen LogP contribution is -2.41. The van der Waals surface area contributed by atoms with Crippen LogP contribution in [0.2, 0.25) is 0 Å². The first kappa shape index (κ1) is 28.0. The van der Waals surface area contributed by atoms with Gasteiger partial charge < -0.3 is 4.74 Å². The highest BCUT2D eigenvalue weighted by Gasteiger charge is 2.33. The molecule has 1 N–H and O–H groups in total. The summed E-state index contributed by atoms with van der Waals surface area (Å²) in [6.07, 6.45) is -2.85. The molecule has 3 aromatic rings. The number of sulfonamides is 1. The van der Waals surface area contributed by atoms with Gasteiger partial charge in [0.25, 0.3) is 0 Å². The highest BCUT2D eigenvalue weighted by atomic mass is 32.2. The summed E-state index contributed by atoms with van der Waals surface area (Å²) in [7, 11) is -1.83. The molecular formula is C25H31F3N6O3S. The predicted molar refractivity (Wildman–Crippen MR) is 135 cm³/mol. The number of piperidine rings is 1. The van der Waals surface area contributed by atoms with E-state index in [0.29, 0.717) is 17.8 Å². The van der Waals surface area contributed by atoms with Gasteiger partial charge in [0, 0.05) is 18.2 Å². The largest absolute Gasteiger partial charge is 0.573 e. The van der Waals surface area contributed by atoms with E-state index in [0.717, 1.165) is 43.6 Å². The second-order valence-corrected chi connectivity index (χ2v) is 11.3. The Morgan fingerprint density at radius 3 is 2.29 bits per heavy atom. The number of aromatic nitrogens is 4. The molecule has 1 aliphatic rings. The third-order valence-corrected chi connectivity index (χ3v) is 8.04. The van der Waals surface area contributed by atoms with E-state index in [1.165, 1.54) is 29.1 Å². The number of hydrogen-bond donors (Lipinski definition) is 1. The minimum atomic E-state index is -4.79. The number of ether oxygens (including phenoxy) is 1. The van der Waals surface area contributed by atoms with Crippen LogP contribution in [0.3, 0.4) is 0 Å². The van der Waals surface area contributed by atoms with Crippen molar-refractivity contribution < 1.29 is 26.3 Å². The fourth-order valence-electron chi connectivity index (χ4n) is 4.70. The highest BCUT2D eigenvalue weighted by molar-refractivity contribution is 7.89. The van der Waals surface area contributed by atoms with Crippen LogP contribution in [0.5, 0.6) is 5.75 Å². The molecule has 1 fully saturated rings. The van der Waals surface area contributed by atoms with Crippen LogP contribution < -0.4 is 9.46 Å². The van der Waals surface area contributed by atoms with Crippen molar-refractivity contribution in [3.63, 3.8) is 0 Å². The molecule has 206 valence electrons. The lowest BCUT2D eigenvalue weighted by Gasteiger charge is -2.36. The number of nitrogens with one attached hydrogen (secondary N) is 1. The number of likely N-dealkylation sites (tertiary alicyclic amines) is 1. The van der Waals surface area contributed by atoms with Gasteiger partial charge in [0.05, 0.1) is 12.8 Å². The standard InChI is InChI=1S/C25H31F3N6O3S/c1-3-16-38(35,36)31-23(19-8-10-22(11-9-19)37-25(26,27)28)20-12-14-34(15-13-20)17-18-4-6-21(7-5-18)24-29-32-33(2)30-24/h4-11,20,23,31H,3,12-17H2,1-2H3. The van der Waals surface area contributed by atoms with Crippen LogP contribution in [0, 0.1) is 5.92 Å². The van der Waals surface area contributed by atoms with E-state index >= 15 is 0 Å². The molecule has 1 aliphatic heterocycles. The molecule has 0 saturated carbocycles. The van der Waals surface area contributed by atoms with Gasteiger partial charge in [-0.15, -0.1) is 23.4 Å². The van der Waals surface area contributed by atoms with Crippen molar-refractivity contribution in [2.24, 2.45) is 13.0 Å². The average molecular weight is 553 g/mol. The summed E-state index contributed by atoms with van der Waals surface area (Å²) in [4.78, 5) is 3.72. The lowest BCUT2D eigenvalue weighted by molar-refractivity contribution is -0.274. The van der Waals surface area contributed by atoms with E-state index in [2.05, 4.69) is 29.8 Å². The number of tetrazole rings is 1. The van der Waals surface area contributed by atoms with Gasteiger partial charge in [-0.2, -0.15) is 4.80 Å². The number of hydrogen-bond acceptors (Lipinski definition) is 7. The molecule has 1 atom stereocenters. The molecule has 4 rings (SSSR count). The van der Waals surface area contributed by atoms with Crippen LogP contribution in [0.25, 0.3) is 11.4 Å². The minimum absolute atomic E-state index is 0.00243. The predicted octanol–water partition coefficient (Wildman–Crippen LogP) is 4.06. The molecular weight excluding hydrogens is 521 g/mol. The summed E-state index contributed by atoms with van der Waals surface area (Å²) in [6, 6.07) is 12.9. The molecule has 1 aromatic heterocycles. The maximum Gasteiger partial charge on any atom is 0.573 e. The van der Waals surface area contributed by atoms with Crippen molar-refractivity contribution in [3.8, 4) is 17.1 Å². The second kappa shape index (κ2) is 11.8. The Bertz CT molecular complexity index is 1290. The number of rotatable bonds is 10. The molecule has 2 aromatic carbocycles. The lowest BCUT2D eigenvalue weighted by atomic mass is 9.86. The van der Waals surface area contributed by atoms with Crippen LogP contribution in [0.1, 0.15) is 43.4 Å². The number of halogens is 3. The SMILES string of the molecule is CCCS(=O)(=O)NC(c1ccc(OC(F)(F)F)cc1)C1CCN(Cc2ccc(-c3nnn(C)n3)cc2)CC1. The normalized spacial score (nSPS) is 16.4. The summed E-state index contributed by atoms with van der Waals surface area (Å²) in [6.45, 7) is 4.06. The van der Waals surface area contributed by atoms with Crippen molar-refractivity contribution in [2.45, 2.75) is 45.1 Å². The first-order valence-electron chi connectivity index (χ1n) is 12.4. The van der Waals surface area contributed by atoms with E-state index < -0.39 is 22.4 Å². The van der Waals surface area contributed by atoms with E-state index in [1.54, 1.807) is 14.0 Å². The number of benzene rings is 2. The van der Waals surface area contributed by atoms with Crippen molar-refractivity contribution in [3.05, 3.63) is 59.7 Å². The van der Waals surface area contributed by atoms with E-state index in [-0.39, 0.29) is 17.4 Å². The van der Waals surface area contributed by atoms with Crippen LogP contribution >= 0.6 is 0 Å². The highest BCUT2D eigenvalue weighted by Crippen LogP contribution is 2.34. The third kappa shape index (κ3) is 7.74. The first-order chi connectivity index (χ1) is 18.0. The zero-order valence-electron chi connectivity index (χ0n) is 21.2. The minimum Gasteiger partial charge on any atom is -0.406 e. The van der Waals surface area contributed by atoms with E-state index in [1.807, 2.05) is 24.3 Å². The van der Waals surface area contributed by atoms with E-state index in [4.69, 9.17) is 0 Å². The van der Waals surface area contributed by atoms with Crippen LogP contribution in [0.15, 0.2) is 48.5 Å². The van der Waals surface area contributed by atoms with Gasteiger partial charge in [0.15, 0.2) is 0 Å². The Kier molecular flexibility index (Phi) is 8.68. The van der Waals surface area contributed by atoms with Gasteiger partial charge in [-0.1, -0.05) is 43.3 Å². The van der Waals surface area contributed by atoms with Gasteiger partial charge in [-0.05, 0) is 66.7 Å². The van der Waals surface area contributed by atoms with Gasteiger partial charge in [0.1, 0.15) is 5.75 Å². The maximum absolute atomic E-state index is 12.6. The topological polar surface area (TPSA) is 102 Å². The zero-order chi connectivity index (χ0) is 27.3. The molecule has 1 unspecified atom stereocenters. The van der Waals surface area contributed by atoms with Gasteiger partial charge in [0.2, 0.25) is 15.8 Å². The number of aryl methyl sites for hydroxylation is 1. The summed E-state index contributed by atoms with van der Waals surface area (Å²) >= 11 is 0. The molecule has 38 heavy (non-hydrogen) atoms. The van der Waals surface area contributed by atoms with E-state index in [9.17, 15) is 21.6 Å². The van der Waals surface area contributed by atoms with Crippen molar-refractivity contribution in [2.75, 3.05) is 18.8 Å². The molecule has 2 heterocycles. The van der Waals surface area contributed by atoms with Crippen molar-refractivity contribution >= 4 is 10.0 Å². The van der Waals surface area contributed by atoms with Crippen molar-refractivity contribution in [1.82, 2.24) is 29.8 Å². The average Bonchev–Trinajstić information content (AvgIpc) is 3.29. The summed E-state index contributed by atoms with van der Waals surface area (Å²) < 4.78 is 69.7. The first-order valence-corrected chi connectivity index (χ1v) is 14.1. The molecule has 1 saturated heterocycles. The van der Waals surface area contributed by atoms with Crippen LogP contribution in [-0.2, 0) is 23.6 Å². The molecule has 9 nitrogen and oxygen atoms in total. The fraction of sp³-hybridized carbons (Fsp3) is 0.480. The van der Waals surface area contributed by atoms with Gasteiger partial charge in [-0.3, -0.25) is 4.90 Å².